The summed E-state index contributed by atoms with van der Waals surface area (Å²) in [5, 5.41) is 3.95. The first-order chi connectivity index (χ1) is 8.16. The van der Waals surface area contributed by atoms with E-state index in [0.29, 0.717) is 5.92 Å². The molecule has 1 aliphatic rings. The minimum Gasteiger partial charge on any atom is -0.273 e. The summed E-state index contributed by atoms with van der Waals surface area (Å²) < 4.78 is 0. The van der Waals surface area contributed by atoms with Gasteiger partial charge in [0.2, 0.25) is 5.91 Å². The van der Waals surface area contributed by atoms with Gasteiger partial charge in [-0.15, -0.1) is 0 Å². The van der Waals surface area contributed by atoms with E-state index < -0.39 is 0 Å². The van der Waals surface area contributed by atoms with Gasteiger partial charge in [0.15, 0.2) is 0 Å². The topological polar surface area (TPSA) is 41.5 Å². The summed E-state index contributed by atoms with van der Waals surface area (Å²) in [5.41, 5.74) is 4.88. The van der Waals surface area contributed by atoms with Crippen LogP contribution in [0.2, 0.25) is 0 Å². The first kappa shape index (κ1) is 11.8. The average molecular weight is 230 g/mol. The minimum atomic E-state index is 0.0417. The Morgan fingerprint density at radius 1 is 1.35 bits per heavy atom. The van der Waals surface area contributed by atoms with Gasteiger partial charge in [0.25, 0.3) is 0 Å². The van der Waals surface area contributed by atoms with Crippen LogP contribution in [0, 0.1) is 5.92 Å². The monoisotopic (exact) mass is 230 g/mol. The second-order valence-corrected chi connectivity index (χ2v) is 4.83. The van der Waals surface area contributed by atoms with Gasteiger partial charge >= 0.3 is 0 Å². The highest BCUT2D eigenvalue weighted by Crippen LogP contribution is 2.28. The molecule has 0 saturated heterocycles. The summed E-state index contributed by atoms with van der Waals surface area (Å²) in [6.45, 7) is 4.33. The molecule has 0 aliphatic heterocycles. The van der Waals surface area contributed by atoms with Crippen molar-refractivity contribution in [1.82, 2.24) is 5.43 Å². The highest BCUT2D eigenvalue weighted by atomic mass is 16.2. The van der Waals surface area contributed by atoms with Crippen molar-refractivity contribution in [2.45, 2.75) is 32.6 Å². The largest absolute Gasteiger partial charge is 0.273 e. The van der Waals surface area contributed by atoms with Crippen LogP contribution in [0.5, 0.6) is 0 Å². The fourth-order valence-corrected chi connectivity index (χ4v) is 1.57. The Morgan fingerprint density at radius 3 is 2.53 bits per heavy atom. The molecular formula is C14H18N2O. The lowest BCUT2D eigenvalue weighted by atomic mass is 10.0. The first-order valence-electron chi connectivity index (χ1n) is 6.09. The molecule has 0 heterocycles. The van der Waals surface area contributed by atoms with Crippen LogP contribution in [0.1, 0.15) is 43.7 Å². The van der Waals surface area contributed by atoms with Crippen molar-refractivity contribution in [2.75, 3.05) is 0 Å². The van der Waals surface area contributed by atoms with Crippen LogP contribution in [0.3, 0.4) is 0 Å². The maximum absolute atomic E-state index is 11.3. The van der Waals surface area contributed by atoms with Crippen molar-refractivity contribution in [1.29, 1.82) is 0 Å². The molecule has 1 fully saturated rings. The number of benzene rings is 1. The number of hydrazone groups is 1. The molecule has 1 aliphatic carbocycles. The van der Waals surface area contributed by atoms with Crippen LogP contribution in [-0.4, -0.2) is 12.1 Å². The highest BCUT2D eigenvalue weighted by molar-refractivity contribution is 5.84. The number of hydrogen-bond donors (Lipinski definition) is 1. The van der Waals surface area contributed by atoms with Gasteiger partial charge in [-0.2, -0.15) is 5.10 Å². The van der Waals surface area contributed by atoms with Crippen molar-refractivity contribution < 1.29 is 4.79 Å². The Kier molecular flexibility index (Phi) is 3.57. The van der Waals surface area contributed by atoms with E-state index in [2.05, 4.69) is 36.5 Å². The standard InChI is InChI=1S/C14H18N2O/c1-10(2)12-5-3-11(4-6-12)9-15-16-14(17)13-7-8-13/h3-6,9-10,13H,7-8H2,1-2H3,(H,16,17)/b15-9-. The van der Waals surface area contributed by atoms with E-state index in [9.17, 15) is 4.79 Å². The molecule has 3 heteroatoms. The smallest absolute Gasteiger partial charge is 0.243 e. The molecule has 2 rings (SSSR count). The predicted molar refractivity (Wildman–Crippen MR) is 69.0 cm³/mol. The van der Waals surface area contributed by atoms with Crippen LogP contribution in [-0.2, 0) is 4.79 Å². The van der Waals surface area contributed by atoms with Gasteiger partial charge in [-0.05, 0) is 29.9 Å². The molecule has 17 heavy (non-hydrogen) atoms. The first-order valence-corrected chi connectivity index (χ1v) is 6.09. The molecular weight excluding hydrogens is 212 g/mol. The van der Waals surface area contributed by atoms with E-state index in [-0.39, 0.29) is 11.8 Å². The van der Waals surface area contributed by atoms with E-state index in [0.717, 1.165) is 18.4 Å². The summed E-state index contributed by atoms with van der Waals surface area (Å²) in [5.74, 6) is 0.783. The van der Waals surface area contributed by atoms with Crippen molar-refractivity contribution in [3.8, 4) is 0 Å². The molecule has 3 nitrogen and oxygen atoms in total. The van der Waals surface area contributed by atoms with Gasteiger partial charge in [0.05, 0.1) is 6.21 Å². The minimum absolute atomic E-state index is 0.0417. The maximum Gasteiger partial charge on any atom is 0.243 e. The SMILES string of the molecule is CC(C)c1ccc(/C=N\NC(=O)C2CC2)cc1. The van der Waals surface area contributed by atoms with Crippen LogP contribution in [0.15, 0.2) is 29.4 Å². The average Bonchev–Trinajstić information content (AvgIpc) is 3.13. The summed E-state index contributed by atoms with van der Waals surface area (Å²) in [4.78, 5) is 11.3. The molecule has 1 aromatic rings. The normalized spacial score (nSPS) is 15.5. The van der Waals surface area contributed by atoms with Gasteiger partial charge in [-0.1, -0.05) is 38.1 Å². The van der Waals surface area contributed by atoms with Crippen molar-refractivity contribution in [3.05, 3.63) is 35.4 Å². The molecule has 1 N–H and O–H groups in total. The lowest BCUT2D eigenvalue weighted by molar-refractivity contribution is -0.122. The van der Waals surface area contributed by atoms with E-state index in [1.165, 1.54) is 5.56 Å². The van der Waals surface area contributed by atoms with Gasteiger partial charge in [-0.3, -0.25) is 4.79 Å². The Hall–Kier alpha value is -1.64. The molecule has 90 valence electrons. The Labute approximate surface area is 102 Å². The van der Waals surface area contributed by atoms with Crippen LogP contribution >= 0.6 is 0 Å². The second kappa shape index (κ2) is 5.13. The number of rotatable bonds is 4. The Balaban J connectivity index is 1.89. The maximum atomic E-state index is 11.3. The summed E-state index contributed by atoms with van der Waals surface area (Å²) >= 11 is 0. The summed E-state index contributed by atoms with van der Waals surface area (Å²) in [6, 6.07) is 8.22. The Bertz CT molecular complexity index is 416. The lowest BCUT2D eigenvalue weighted by Gasteiger charge is -2.04. The molecule has 1 amide bonds. The zero-order chi connectivity index (χ0) is 12.3. The molecule has 0 atom stereocenters. The zero-order valence-corrected chi connectivity index (χ0v) is 10.3. The van der Waals surface area contributed by atoms with Crippen LogP contribution in [0.25, 0.3) is 0 Å². The molecule has 0 bridgehead atoms. The summed E-state index contributed by atoms with van der Waals surface area (Å²) in [6.07, 6.45) is 3.69. The van der Waals surface area contributed by atoms with E-state index in [1.807, 2.05) is 12.1 Å². The van der Waals surface area contributed by atoms with E-state index in [4.69, 9.17) is 0 Å². The van der Waals surface area contributed by atoms with Gasteiger partial charge in [-0.25, -0.2) is 5.43 Å². The third-order valence-corrected chi connectivity index (χ3v) is 2.94. The van der Waals surface area contributed by atoms with Crippen molar-refractivity contribution in [3.63, 3.8) is 0 Å². The molecule has 0 spiro atoms. The van der Waals surface area contributed by atoms with Crippen molar-refractivity contribution in [2.24, 2.45) is 11.0 Å². The Morgan fingerprint density at radius 2 is 2.00 bits per heavy atom. The van der Waals surface area contributed by atoms with Gasteiger partial charge < -0.3 is 0 Å². The number of hydrogen-bond acceptors (Lipinski definition) is 2. The molecule has 0 radical (unpaired) electrons. The van der Waals surface area contributed by atoms with Gasteiger partial charge in [0.1, 0.15) is 0 Å². The fourth-order valence-electron chi connectivity index (χ4n) is 1.57. The quantitative estimate of drug-likeness (QED) is 0.627. The van der Waals surface area contributed by atoms with Crippen molar-refractivity contribution >= 4 is 12.1 Å². The second-order valence-electron chi connectivity index (χ2n) is 4.83. The number of amides is 1. The molecule has 0 unspecified atom stereocenters. The highest BCUT2D eigenvalue weighted by Gasteiger charge is 2.29. The third-order valence-electron chi connectivity index (χ3n) is 2.94. The van der Waals surface area contributed by atoms with E-state index in [1.54, 1.807) is 6.21 Å². The number of nitrogens with zero attached hydrogens (tertiary/aromatic N) is 1. The number of carbonyl (C=O) groups is 1. The molecule has 0 aromatic heterocycles. The van der Waals surface area contributed by atoms with Gasteiger partial charge in [0, 0.05) is 5.92 Å². The number of nitrogens with one attached hydrogen (secondary N) is 1. The van der Waals surface area contributed by atoms with Crippen LogP contribution < -0.4 is 5.43 Å². The summed E-state index contributed by atoms with van der Waals surface area (Å²) in [7, 11) is 0. The third kappa shape index (κ3) is 3.41. The van der Waals surface area contributed by atoms with Crippen LogP contribution in [0.4, 0.5) is 0 Å². The molecule has 1 aromatic carbocycles. The number of carbonyl (C=O) groups excluding carboxylic acids is 1. The van der Waals surface area contributed by atoms with E-state index >= 15 is 0 Å². The molecule has 1 saturated carbocycles. The lowest BCUT2D eigenvalue weighted by Crippen LogP contribution is -2.18. The fraction of sp³-hybridized carbons (Fsp3) is 0.429. The predicted octanol–water partition coefficient (Wildman–Crippen LogP) is 2.67. The zero-order valence-electron chi connectivity index (χ0n) is 10.3.